The molecule has 3 unspecified atom stereocenters. The molecule has 19 heavy (non-hydrogen) atoms. The van der Waals surface area contributed by atoms with Crippen LogP contribution in [0.2, 0.25) is 0 Å². The summed E-state index contributed by atoms with van der Waals surface area (Å²) in [6.07, 6.45) is 6.36. The first-order chi connectivity index (χ1) is 8.90. The van der Waals surface area contributed by atoms with E-state index in [2.05, 4.69) is 24.5 Å². The van der Waals surface area contributed by atoms with Gasteiger partial charge in [0.05, 0.1) is 6.04 Å². The molecule has 1 fully saturated rings. The fourth-order valence-electron chi connectivity index (χ4n) is 3.00. The van der Waals surface area contributed by atoms with Crippen LogP contribution < -0.4 is 10.6 Å². The molecule has 112 valence electrons. The maximum Gasteiger partial charge on any atom is 0.237 e. The summed E-state index contributed by atoms with van der Waals surface area (Å²) in [5, 5.41) is 6.48. The predicted octanol–water partition coefficient (Wildman–Crippen LogP) is 3.09. The van der Waals surface area contributed by atoms with Crippen LogP contribution in [0.25, 0.3) is 0 Å². The summed E-state index contributed by atoms with van der Waals surface area (Å²) in [6, 6.07) is 0.649. The fourth-order valence-corrected chi connectivity index (χ4v) is 3.00. The largest absolute Gasteiger partial charge is 0.353 e. The van der Waals surface area contributed by atoms with E-state index in [9.17, 15) is 4.79 Å². The molecular weight excluding hydrogens is 236 g/mol. The molecule has 3 nitrogen and oxygen atoms in total. The van der Waals surface area contributed by atoms with E-state index >= 15 is 0 Å². The second-order valence-electron chi connectivity index (χ2n) is 6.76. The zero-order valence-corrected chi connectivity index (χ0v) is 13.3. The molecule has 0 radical (unpaired) electrons. The second-order valence-corrected chi connectivity index (χ2v) is 6.76. The normalized spacial score (nSPS) is 26.3. The summed E-state index contributed by atoms with van der Waals surface area (Å²) in [4.78, 5) is 11.9. The van der Waals surface area contributed by atoms with E-state index in [0.717, 1.165) is 11.8 Å². The van der Waals surface area contributed by atoms with Gasteiger partial charge >= 0.3 is 0 Å². The molecule has 0 aromatic rings. The number of amides is 1. The Balaban J connectivity index is 2.38. The predicted molar refractivity (Wildman–Crippen MR) is 81.1 cm³/mol. The summed E-state index contributed by atoms with van der Waals surface area (Å²) in [5.41, 5.74) is 0. The molecular formula is C16H32N2O. The van der Waals surface area contributed by atoms with Crippen molar-refractivity contribution in [3.63, 3.8) is 0 Å². The van der Waals surface area contributed by atoms with Crippen molar-refractivity contribution >= 4 is 5.91 Å². The molecule has 0 heterocycles. The molecule has 0 aromatic carbocycles. The Hall–Kier alpha value is -0.570. The summed E-state index contributed by atoms with van der Waals surface area (Å²) in [5.74, 6) is 1.78. The first kappa shape index (κ1) is 16.5. The fraction of sp³-hybridized carbons (Fsp3) is 0.938. The van der Waals surface area contributed by atoms with Crippen molar-refractivity contribution in [2.24, 2.45) is 11.8 Å². The molecule has 1 saturated carbocycles. The van der Waals surface area contributed by atoms with E-state index < -0.39 is 0 Å². The van der Waals surface area contributed by atoms with E-state index in [4.69, 9.17) is 0 Å². The van der Waals surface area contributed by atoms with Crippen molar-refractivity contribution in [1.82, 2.24) is 10.6 Å². The van der Waals surface area contributed by atoms with Gasteiger partial charge in [0.1, 0.15) is 0 Å². The van der Waals surface area contributed by atoms with E-state index in [0.29, 0.717) is 6.04 Å². The van der Waals surface area contributed by atoms with Crippen LogP contribution in [-0.2, 0) is 4.79 Å². The van der Waals surface area contributed by atoms with Crippen LogP contribution in [0.3, 0.4) is 0 Å². The molecule has 3 atom stereocenters. The number of carbonyl (C=O) groups excluding carboxylic acids is 1. The molecule has 1 amide bonds. The number of carbonyl (C=O) groups is 1. The van der Waals surface area contributed by atoms with Crippen molar-refractivity contribution in [2.45, 2.75) is 84.8 Å². The minimum absolute atomic E-state index is 0.0806. The van der Waals surface area contributed by atoms with Crippen molar-refractivity contribution in [1.29, 1.82) is 0 Å². The van der Waals surface area contributed by atoms with Crippen LogP contribution >= 0.6 is 0 Å². The lowest BCUT2D eigenvalue weighted by Gasteiger charge is -2.23. The minimum Gasteiger partial charge on any atom is -0.353 e. The highest BCUT2D eigenvalue weighted by Crippen LogP contribution is 2.28. The van der Waals surface area contributed by atoms with Crippen molar-refractivity contribution in [3.8, 4) is 0 Å². The number of nitrogens with one attached hydrogen (secondary N) is 2. The molecule has 2 N–H and O–H groups in total. The van der Waals surface area contributed by atoms with Crippen LogP contribution in [0.4, 0.5) is 0 Å². The molecule has 1 aliphatic carbocycles. The van der Waals surface area contributed by atoms with Gasteiger partial charge in [-0.2, -0.15) is 0 Å². The lowest BCUT2D eigenvalue weighted by Crippen LogP contribution is -2.48. The standard InChI is InChI=1S/C16H32N2O/c1-11(2)14-7-6-8-15(10-9-14)18-13(5)16(19)17-12(3)4/h11-15,18H,6-10H2,1-5H3,(H,17,19). The Morgan fingerprint density at radius 2 is 1.68 bits per heavy atom. The van der Waals surface area contributed by atoms with Crippen LogP contribution in [0, 0.1) is 11.8 Å². The quantitative estimate of drug-likeness (QED) is 0.752. The molecule has 0 bridgehead atoms. The smallest absolute Gasteiger partial charge is 0.237 e. The van der Waals surface area contributed by atoms with E-state index in [1.165, 1.54) is 32.1 Å². The van der Waals surface area contributed by atoms with E-state index in [1.54, 1.807) is 0 Å². The highest BCUT2D eigenvalue weighted by Gasteiger charge is 2.23. The average Bonchev–Trinajstić information content (AvgIpc) is 2.53. The van der Waals surface area contributed by atoms with Crippen LogP contribution in [0.15, 0.2) is 0 Å². The van der Waals surface area contributed by atoms with Crippen molar-refractivity contribution in [3.05, 3.63) is 0 Å². The first-order valence-electron chi connectivity index (χ1n) is 7.96. The Kier molecular flexibility index (Phi) is 6.84. The van der Waals surface area contributed by atoms with Crippen LogP contribution in [0.1, 0.15) is 66.7 Å². The van der Waals surface area contributed by atoms with Gasteiger partial charge in [-0.15, -0.1) is 0 Å². The molecule has 0 saturated heterocycles. The van der Waals surface area contributed by atoms with E-state index in [-0.39, 0.29) is 18.0 Å². The lowest BCUT2D eigenvalue weighted by molar-refractivity contribution is -0.123. The third-order valence-corrected chi connectivity index (χ3v) is 4.27. The Bertz CT molecular complexity index is 276. The Labute approximate surface area is 118 Å². The SMILES string of the molecule is CC(C)NC(=O)C(C)NC1CCCC(C(C)C)CC1. The molecule has 0 aromatic heterocycles. The van der Waals surface area contributed by atoms with Gasteiger partial charge in [-0.1, -0.05) is 26.7 Å². The summed E-state index contributed by atoms with van der Waals surface area (Å²) in [6.45, 7) is 10.6. The number of rotatable bonds is 5. The van der Waals surface area contributed by atoms with Gasteiger partial charge in [-0.05, 0) is 51.9 Å². The number of hydrogen-bond donors (Lipinski definition) is 2. The monoisotopic (exact) mass is 268 g/mol. The highest BCUT2D eigenvalue weighted by molar-refractivity contribution is 5.81. The van der Waals surface area contributed by atoms with Gasteiger partial charge in [-0.3, -0.25) is 4.79 Å². The van der Waals surface area contributed by atoms with Crippen LogP contribution in [0.5, 0.6) is 0 Å². The van der Waals surface area contributed by atoms with Gasteiger partial charge in [0.2, 0.25) is 5.91 Å². The van der Waals surface area contributed by atoms with Gasteiger partial charge < -0.3 is 10.6 Å². The van der Waals surface area contributed by atoms with Crippen molar-refractivity contribution in [2.75, 3.05) is 0 Å². The summed E-state index contributed by atoms with van der Waals surface area (Å²) < 4.78 is 0. The molecule has 3 heteroatoms. The average molecular weight is 268 g/mol. The first-order valence-corrected chi connectivity index (χ1v) is 7.96. The van der Waals surface area contributed by atoms with E-state index in [1.807, 2.05) is 20.8 Å². The van der Waals surface area contributed by atoms with Gasteiger partial charge in [0.15, 0.2) is 0 Å². The molecule has 0 aliphatic heterocycles. The van der Waals surface area contributed by atoms with Gasteiger partial charge in [0.25, 0.3) is 0 Å². The van der Waals surface area contributed by atoms with Crippen LogP contribution in [-0.4, -0.2) is 24.0 Å². The summed E-state index contributed by atoms with van der Waals surface area (Å²) >= 11 is 0. The highest BCUT2D eigenvalue weighted by atomic mass is 16.2. The lowest BCUT2D eigenvalue weighted by atomic mass is 9.89. The minimum atomic E-state index is -0.0806. The maximum atomic E-state index is 11.9. The zero-order valence-electron chi connectivity index (χ0n) is 13.3. The van der Waals surface area contributed by atoms with Gasteiger partial charge in [0, 0.05) is 12.1 Å². The molecule has 1 rings (SSSR count). The maximum absolute atomic E-state index is 11.9. The Morgan fingerprint density at radius 3 is 2.26 bits per heavy atom. The number of hydrogen-bond acceptors (Lipinski definition) is 2. The molecule has 1 aliphatic rings. The zero-order chi connectivity index (χ0) is 14.4. The third-order valence-electron chi connectivity index (χ3n) is 4.27. The topological polar surface area (TPSA) is 41.1 Å². The summed E-state index contributed by atoms with van der Waals surface area (Å²) in [7, 11) is 0. The third kappa shape index (κ3) is 5.94. The van der Waals surface area contributed by atoms with Crippen molar-refractivity contribution < 1.29 is 4.79 Å². The second kappa shape index (κ2) is 7.88. The Morgan fingerprint density at radius 1 is 1.00 bits per heavy atom. The van der Waals surface area contributed by atoms with Gasteiger partial charge in [-0.25, -0.2) is 0 Å². The molecule has 0 spiro atoms.